The van der Waals surface area contributed by atoms with Crippen LogP contribution in [-0.4, -0.2) is 27.3 Å². The number of halogens is 2. The van der Waals surface area contributed by atoms with Crippen molar-refractivity contribution >= 4 is 43.8 Å². The van der Waals surface area contributed by atoms with Gasteiger partial charge >= 0.3 is 11.9 Å². The third kappa shape index (κ3) is 5.18. The Morgan fingerprint density at radius 3 is 1.61 bits per heavy atom. The van der Waals surface area contributed by atoms with E-state index in [9.17, 15) is 24.9 Å². The lowest BCUT2D eigenvalue weighted by atomic mass is 9.69. The van der Waals surface area contributed by atoms with Gasteiger partial charge in [-0.25, -0.2) is 9.59 Å². The average molecular weight is 688 g/mol. The summed E-state index contributed by atoms with van der Waals surface area (Å²) in [4.78, 5) is 26.7. The molecule has 1 aliphatic heterocycles. The molecule has 1 heterocycles. The molecule has 0 amide bonds. The lowest BCUT2D eigenvalue weighted by Gasteiger charge is -2.38. The second-order valence-corrected chi connectivity index (χ2v) is 12.2. The number of aromatic carboxylic acids is 1. The Morgan fingerprint density at radius 1 is 0.756 bits per heavy atom. The van der Waals surface area contributed by atoms with Gasteiger partial charge in [0.2, 0.25) is 0 Å². The number of carbonyl (C=O) groups is 2. The normalized spacial score (nSPS) is 13.8. The predicted molar refractivity (Wildman–Crippen MR) is 166 cm³/mol. The summed E-state index contributed by atoms with van der Waals surface area (Å²) in [7, 11) is 0. The van der Waals surface area contributed by atoms with Gasteiger partial charge in [-0.3, -0.25) is 0 Å². The van der Waals surface area contributed by atoms with E-state index in [2.05, 4.69) is 31.9 Å². The van der Waals surface area contributed by atoms with Gasteiger partial charge < -0.3 is 20.1 Å². The first-order valence-corrected chi connectivity index (χ1v) is 15.8. The van der Waals surface area contributed by atoms with Crippen molar-refractivity contribution in [3.05, 3.63) is 89.3 Å². The van der Waals surface area contributed by atoms with Crippen molar-refractivity contribution in [3.63, 3.8) is 0 Å². The number of phenolic OH excluding ortho intramolecular Hbond substituents is 2. The van der Waals surface area contributed by atoms with Crippen molar-refractivity contribution in [3.8, 4) is 11.5 Å². The summed E-state index contributed by atoms with van der Waals surface area (Å²) >= 11 is 7.37. The van der Waals surface area contributed by atoms with E-state index < -0.39 is 17.5 Å². The van der Waals surface area contributed by atoms with Crippen LogP contribution in [0.5, 0.6) is 11.5 Å². The second-order valence-electron chi connectivity index (χ2n) is 10.5. The number of aromatic hydroxyl groups is 2. The highest BCUT2D eigenvalue weighted by Gasteiger charge is 2.55. The maximum atomic E-state index is 13.9. The molecule has 3 N–H and O–H groups in total. The van der Waals surface area contributed by atoms with Gasteiger partial charge in [0.05, 0.1) is 11.1 Å². The molecule has 4 rings (SSSR count). The smallest absolute Gasteiger partial charge is 0.340 e. The van der Waals surface area contributed by atoms with E-state index in [1.165, 1.54) is 6.07 Å². The standard InChI is InChI=1S/C33H36Br2O6/c1-5-10-18-24(34)16-26(36)20(12-7-3)28(18)33(30-22(31(38)39)14-9-15-23(30)32(40)41-33)29-19(11-6-2)25(35)17-27(37)21(29)13-8-4/h9,14-17,36-37H,5-8,10-13H2,1-4H3,(H,38,39). The Hall–Kier alpha value is -2.84. The summed E-state index contributed by atoms with van der Waals surface area (Å²) in [6, 6.07) is 7.99. The highest BCUT2D eigenvalue weighted by atomic mass is 79.9. The molecule has 0 fully saturated rings. The molecule has 3 aromatic rings. The predicted octanol–water partition coefficient (Wildman–Crippen LogP) is 8.59. The van der Waals surface area contributed by atoms with Crippen molar-refractivity contribution in [1.82, 2.24) is 0 Å². The summed E-state index contributed by atoms with van der Waals surface area (Å²) in [5.74, 6) is -1.75. The van der Waals surface area contributed by atoms with Gasteiger partial charge in [-0.15, -0.1) is 0 Å². The Bertz CT molecular complexity index is 1380. The maximum Gasteiger partial charge on any atom is 0.340 e. The first kappa shape index (κ1) is 31.1. The first-order valence-electron chi connectivity index (χ1n) is 14.3. The molecular weight excluding hydrogens is 652 g/mol. The number of hydrogen-bond donors (Lipinski definition) is 3. The Morgan fingerprint density at radius 2 is 1.20 bits per heavy atom. The molecule has 0 spiro atoms. The first-order chi connectivity index (χ1) is 19.6. The highest BCUT2D eigenvalue weighted by Crippen LogP contribution is 2.56. The molecule has 218 valence electrons. The number of carbonyl (C=O) groups excluding carboxylic acids is 1. The molecular formula is C33H36Br2O6. The van der Waals surface area contributed by atoms with Crippen LogP contribution in [0.3, 0.4) is 0 Å². The van der Waals surface area contributed by atoms with E-state index in [0.717, 1.165) is 24.0 Å². The molecule has 0 atom stereocenters. The molecule has 41 heavy (non-hydrogen) atoms. The average Bonchev–Trinajstić information content (AvgIpc) is 3.22. The van der Waals surface area contributed by atoms with Gasteiger partial charge in [-0.2, -0.15) is 0 Å². The molecule has 0 radical (unpaired) electrons. The number of ether oxygens (including phenoxy) is 1. The Labute approximate surface area is 258 Å². The fourth-order valence-corrected chi connectivity index (χ4v) is 7.52. The van der Waals surface area contributed by atoms with Crippen molar-refractivity contribution in [2.45, 2.75) is 84.7 Å². The minimum absolute atomic E-state index is 0.0403. The molecule has 0 aromatic heterocycles. The zero-order valence-electron chi connectivity index (χ0n) is 23.9. The van der Waals surface area contributed by atoms with Gasteiger partial charge in [0.1, 0.15) is 11.5 Å². The molecule has 0 bridgehead atoms. The minimum atomic E-state index is -1.73. The van der Waals surface area contributed by atoms with Crippen molar-refractivity contribution in [1.29, 1.82) is 0 Å². The highest BCUT2D eigenvalue weighted by molar-refractivity contribution is 9.10. The van der Waals surface area contributed by atoms with Crippen molar-refractivity contribution in [2.75, 3.05) is 0 Å². The number of benzene rings is 3. The number of hydrogen-bond acceptors (Lipinski definition) is 5. The number of esters is 1. The number of carboxylic acids is 1. The summed E-state index contributed by atoms with van der Waals surface area (Å²) in [6.45, 7) is 8.10. The van der Waals surface area contributed by atoms with Crippen molar-refractivity contribution < 1.29 is 29.6 Å². The molecule has 1 aliphatic rings. The molecule has 8 heteroatoms. The third-order valence-corrected chi connectivity index (χ3v) is 9.16. The number of carboxylic acid groups (broad SMARTS) is 1. The van der Waals surface area contributed by atoms with Gasteiger partial charge in [0.15, 0.2) is 5.60 Å². The van der Waals surface area contributed by atoms with E-state index in [1.807, 2.05) is 27.7 Å². The summed E-state index contributed by atoms with van der Waals surface area (Å²) in [5, 5.41) is 33.3. The van der Waals surface area contributed by atoms with E-state index in [-0.39, 0.29) is 28.2 Å². The van der Waals surface area contributed by atoms with Gasteiger partial charge in [0, 0.05) is 36.8 Å². The quantitative estimate of drug-likeness (QED) is 0.175. The van der Waals surface area contributed by atoms with Crippen molar-refractivity contribution in [2.24, 2.45) is 0 Å². The molecule has 6 nitrogen and oxygen atoms in total. The van der Waals surface area contributed by atoms with Crippen LogP contribution in [-0.2, 0) is 36.0 Å². The maximum absolute atomic E-state index is 13.9. The van der Waals surface area contributed by atoms with Crippen LogP contribution in [0, 0.1) is 0 Å². The summed E-state index contributed by atoms with van der Waals surface area (Å²) in [6.07, 6.45) is 5.02. The lowest BCUT2D eigenvalue weighted by molar-refractivity contribution is 0.0234. The monoisotopic (exact) mass is 686 g/mol. The zero-order valence-corrected chi connectivity index (χ0v) is 27.0. The summed E-state index contributed by atoms with van der Waals surface area (Å²) in [5.41, 5.74) is 2.62. The van der Waals surface area contributed by atoms with Crippen LogP contribution in [0.2, 0.25) is 0 Å². The fraction of sp³-hybridized carbons (Fsp3) is 0.394. The number of fused-ring (bicyclic) bond motifs is 1. The largest absolute Gasteiger partial charge is 0.508 e. The number of rotatable bonds is 11. The van der Waals surface area contributed by atoms with E-state index in [1.54, 1.807) is 24.3 Å². The molecule has 3 aromatic carbocycles. The molecule has 0 saturated heterocycles. The van der Waals surface area contributed by atoms with E-state index in [0.29, 0.717) is 69.7 Å². The fourth-order valence-electron chi connectivity index (χ4n) is 6.29. The van der Waals surface area contributed by atoms with Gasteiger partial charge in [-0.05, 0) is 61.1 Å². The summed E-state index contributed by atoms with van der Waals surface area (Å²) < 4.78 is 7.88. The van der Waals surface area contributed by atoms with Gasteiger partial charge in [-0.1, -0.05) is 91.3 Å². The lowest BCUT2D eigenvalue weighted by Crippen LogP contribution is -2.36. The van der Waals surface area contributed by atoms with Crippen LogP contribution in [0.25, 0.3) is 0 Å². The van der Waals surface area contributed by atoms with Crippen LogP contribution in [0.15, 0.2) is 39.3 Å². The SMILES string of the molecule is CCCc1c(O)cc(Br)c(CCC)c1C1(c2c(CCC)c(O)cc(Br)c2CCC)OC(=O)c2cccc(C(=O)O)c21. The number of phenols is 2. The van der Waals surface area contributed by atoms with E-state index >= 15 is 0 Å². The van der Waals surface area contributed by atoms with Crippen LogP contribution in [0.1, 0.15) is 113 Å². The van der Waals surface area contributed by atoms with Crippen LogP contribution in [0.4, 0.5) is 0 Å². The molecule has 0 unspecified atom stereocenters. The van der Waals surface area contributed by atoms with Crippen LogP contribution < -0.4 is 0 Å². The van der Waals surface area contributed by atoms with E-state index in [4.69, 9.17) is 4.74 Å². The number of cyclic esters (lactones) is 1. The zero-order chi connectivity index (χ0) is 30.1. The Balaban J connectivity index is 2.42. The topological polar surface area (TPSA) is 104 Å². The van der Waals surface area contributed by atoms with Gasteiger partial charge in [0.25, 0.3) is 0 Å². The minimum Gasteiger partial charge on any atom is -0.508 e. The second kappa shape index (κ2) is 12.6. The van der Waals surface area contributed by atoms with Crippen LogP contribution >= 0.6 is 31.9 Å². The molecule has 0 saturated carbocycles. The molecule has 0 aliphatic carbocycles. The third-order valence-electron chi connectivity index (χ3n) is 7.75. The Kier molecular flexibility index (Phi) is 9.54.